The largest absolute Gasteiger partial charge is 0.331 e. The van der Waals surface area contributed by atoms with Gasteiger partial charge in [0, 0.05) is 13.0 Å². The molecule has 2 aromatic rings. The molecule has 1 heterocycles. The van der Waals surface area contributed by atoms with Crippen LogP contribution in [0.15, 0.2) is 18.2 Å². The van der Waals surface area contributed by atoms with Crippen LogP contribution in [0.3, 0.4) is 0 Å². The first kappa shape index (κ1) is 10.7. The van der Waals surface area contributed by atoms with E-state index in [9.17, 15) is 0 Å². The summed E-state index contributed by atoms with van der Waals surface area (Å²) >= 11 is 0. The molecule has 0 saturated heterocycles. The zero-order valence-corrected chi connectivity index (χ0v) is 9.86. The molecule has 1 unspecified atom stereocenters. The van der Waals surface area contributed by atoms with Crippen LogP contribution in [0.2, 0.25) is 0 Å². The van der Waals surface area contributed by atoms with Crippen molar-refractivity contribution in [2.24, 2.45) is 7.05 Å². The van der Waals surface area contributed by atoms with E-state index in [0.717, 1.165) is 23.3 Å². The number of aromatic nitrogens is 2. The molecule has 1 atom stereocenters. The number of fused-ring (bicyclic) bond motifs is 1. The Balaban J connectivity index is 2.64. The topological polar surface area (TPSA) is 41.6 Å². The average Bonchev–Trinajstić information content (AvgIpc) is 2.65. The van der Waals surface area contributed by atoms with Gasteiger partial charge >= 0.3 is 0 Å². The molecule has 16 heavy (non-hydrogen) atoms. The molecular formula is C13H15N3. The summed E-state index contributed by atoms with van der Waals surface area (Å²) in [6.07, 6.45) is 1.07. The smallest absolute Gasteiger partial charge is 0.112 e. The molecule has 0 fully saturated rings. The predicted octanol–water partition coefficient (Wildman–Crippen LogP) is 2.96. The molecule has 3 nitrogen and oxygen atoms in total. The summed E-state index contributed by atoms with van der Waals surface area (Å²) in [6, 6.07) is 7.79. The van der Waals surface area contributed by atoms with E-state index in [1.54, 1.807) is 0 Å². The van der Waals surface area contributed by atoms with Gasteiger partial charge in [0.05, 0.1) is 22.7 Å². The molecule has 0 aliphatic heterocycles. The first-order chi connectivity index (χ1) is 7.67. The maximum atomic E-state index is 8.84. The Bertz CT molecular complexity index is 560. The van der Waals surface area contributed by atoms with E-state index in [1.807, 2.05) is 25.2 Å². The molecule has 0 aliphatic rings. The Morgan fingerprint density at radius 1 is 1.50 bits per heavy atom. The molecule has 0 saturated carbocycles. The lowest BCUT2D eigenvalue weighted by Crippen LogP contribution is -2.01. The lowest BCUT2D eigenvalue weighted by molar-refractivity contribution is 0.649. The maximum Gasteiger partial charge on any atom is 0.112 e. The molecule has 0 spiro atoms. The number of nitrogens with zero attached hydrogens (tertiary/aromatic N) is 3. The minimum atomic E-state index is 0.447. The molecule has 82 valence electrons. The standard InChI is InChI=1S/C13H15N3/c1-4-9(2)13-15-11-7-10(8-14)5-6-12(11)16(13)3/h5-7,9H,4H2,1-3H3. The highest BCUT2D eigenvalue weighted by Gasteiger charge is 2.12. The van der Waals surface area contributed by atoms with Gasteiger partial charge in [0.1, 0.15) is 5.82 Å². The number of hydrogen-bond acceptors (Lipinski definition) is 2. The molecule has 1 aromatic carbocycles. The number of nitriles is 1. The molecule has 0 radical (unpaired) electrons. The molecule has 3 heteroatoms. The molecule has 0 amide bonds. The van der Waals surface area contributed by atoms with Gasteiger partial charge in [-0.3, -0.25) is 0 Å². The van der Waals surface area contributed by atoms with Crippen LogP contribution >= 0.6 is 0 Å². The van der Waals surface area contributed by atoms with E-state index in [4.69, 9.17) is 5.26 Å². The number of rotatable bonds is 2. The van der Waals surface area contributed by atoms with Crippen molar-refractivity contribution in [1.29, 1.82) is 5.26 Å². The SMILES string of the molecule is CCC(C)c1nc2cc(C#N)ccc2n1C. The highest BCUT2D eigenvalue weighted by molar-refractivity contribution is 5.77. The lowest BCUT2D eigenvalue weighted by atomic mass is 10.1. The van der Waals surface area contributed by atoms with Crippen molar-refractivity contribution in [2.45, 2.75) is 26.2 Å². The summed E-state index contributed by atoms with van der Waals surface area (Å²) in [5, 5.41) is 8.84. The highest BCUT2D eigenvalue weighted by Crippen LogP contribution is 2.23. The zero-order valence-electron chi connectivity index (χ0n) is 9.86. The fourth-order valence-electron chi connectivity index (χ4n) is 1.91. The highest BCUT2D eigenvalue weighted by atomic mass is 15.1. The second kappa shape index (κ2) is 3.97. The fourth-order valence-corrected chi connectivity index (χ4v) is 1.91. The minimum Gasteiger partial charge on any atom is -0.331 e. The van der Waals surface area contributed by atoms with Gasteiger partial charge in [0.25, 0.3) is 0 Å². The van der Waals surface area contributed by atoms with Crippen molar-refractivity contribution in [3.63, 3.8) is 0 Å². The zero-order chi connectivity index (χ0) is 11.7. The van der Waals surface area contributed by atoms with Crippen LogP contribution in [-0.4, -0.2) is 9.55 Å². The Labute approximate surface area is 95.3 Å². The monoisotopic (exact) mass is 213 g/mol. The van der Waals surface area contributed by atoms with Crippen LogP contribution in [0.1, 0.15) is 37.6 Å². The normalized spacial score (nSPS) is 12.6. The maximum absolute atomic E-state index is 8.84. The van der Waals surface area contributed by atoms with Crippen molar-refractivity contribution < 1.29 is 0 Å². The summed E-state index contributed by atoms with van der Waals surface area (Å²) in [6.45, 7) is 4.33. The fraction of sp³-hybridized carbons (Fsp3) is 0.385. The van der Waals surface area contributed by atoms with E-state index in [-0.39, 0.29) is 0 Å². The van der Waals surface area contributed by atoms with Crippen molar-refractivity contribution >= 4 is 11.0 Å². The van der Waals surface area contributed by atoms with Crippen molar-refractivity contribution in [2.75, 3.05) is 0 Å². The first-order valence-electron chi connectivity index (χ1n) is 5.53. The van der Waals surface area contributed by atoms with E-state index in [1.165, 1.54) is 0 Å². The molecule has 0 bridgehead atoms. The predicted molar refractivity (Wildman–Crippen MR) is 64.1 cm³/mol. The third kappa shape index (κ3) is 1.57. The summed E-state index contributed by atoms with van der Waals surface area (Å²) < 4.78 is 2.12. The Morgan fingerprint density at radius 2 is 2.25 bits per heavy atom. The summed E-state index contributed by atoms with van der Waals surface area (Å²) in [5.41, 5.74) is 2.67. The molecule has 1 aromatic heterocycles. The minimum absolute atomic E-state index is 0.447. The quantitative estimate of drug-likeness (QED) is 0.769. The molecule has 0 aliphatic carbocycles. The molecule has 2 rings (SSSR count). The van der Waals surface area contributed by atoms with Gasteiger partial charge in [-0.1, -0.05) is 13.8 Å². The van der Waals surface area contributed by atoms with E-state index >= 15 is 0 Å². The van der Waals surface area contributed by atoms with Gasteiger partial charge in [0.2, 0.25) is 0 Å². The third-order valence-electron chi connectivity index (χ3n) is 3.10. The van der Waals surface area contributed by atoms with Gasteiger partial charge in [-0.2, -0.15) is 5.26 Å². The van der Waals surface area contributed by atoms with Crippen LogP contribution < -0.4 is 0 Å². The van der Waals surface area contributed by atoms with Gasteiger partial charge in [-0.15, -0.1) is 0 Å². The number of aryl methyl sites for hydroxylation is 1. The average molecular weight is 213 g/mol. The summed E-state index contributed by atoms with van der Waals surface area (Å²) in [7, 11) is 2.03. The number of imidazole rings is 1. The first-order valence-corrected chi connectivity index (χ1v) is 5.53. The van der Waals surface area contributed by atoms with Crippen molar-refractivity contribution in [3.8, 4) is 6.07 Å². The number of benzene rings is 1. The van der Waals surface area contributed by atoms with Crippen LogP contribution in [0.25, 0.3) is 11.0 Å². The molecule has 0 N–H and O–H groups in total. The Kier molecular flexibility index (Phi) is 2.66. The van der Waals surface area contributed by atoms with Crippen molar-refractivity contribution in [1.82, 2.24) is 9.55 Å². The van der Waals surface area contributed by atoms with E-state index in [2.05, 4.69) is 29.5 Å². The van der Waals surface area contributed by atoms with E-state index in [0.29, 0.717) is 11.5 Å². The second-order valence-electron chi connectivity index (χ2n) is 4.15. The Morgan fingerprint density at radius 3 is 2.88 bits per heavy atom. The number of hydrogen-bond donors (Lipinski definition) is 0. The molecular weight excluding hydrogens is 198 g/mol. The van der Waals surface area contributed by atoms with Crippen LogP contribution in [0.4, 0.5) is 0 Å². The second-order valence-corrected chi connectivity index (χ2v) is 4.15. The Hall–Kier alpha value is -1.82. The van der Waals surface area contributed by atoms with Gasteiger partial charge in [-0.25, -0.2) is 4.98 Å². The third-order valence-corrected chi connectivity index (χ3v) is 3.10. The van der Waals surface area contributed by atoms with Gasteiger partial charge in [0.15, 0.2) is 0 Å². The van der Waals surface area contributed by atoms with Crippen molar-refractivity contribution in [3.05, 3.63) is 29.6 Å². The van der Waals surface area contributed by atoms with Gasteiger partial charge < -0.3 is 4.57 Å². The summed E-state index contributed by atoms with van der Waals surface area (Å²) in [5.74, 6) is 1.54. The van der Waals surface area contributed by atoms with E-state index < -0.39 is 0 Å². The van der Waals surface area contributed by atoms with Gasteiger partial charge in [-0.05, 0) is 24.6 Å². The van der Waals surface area contributed by atoms with Crippen LogP contribution in [-0.2, 0) is 7.05 Å². The summed E-state index contributed by atoms with van der Waals surface area (Å²) in [4.78, 5) is 4.60. The van der Waals surface area contributed by atoms with Crippen LogP contribution in [0.5, 0.6) is 0 Å². The lowest BCUT2D eigenvalue weighted by Gasteiger charge is -2.07. The van der Waals surface area contributed by atoms with Crippen LogP contribution in [0, 0.1) is 11.3 Å².